The number of hydrogen-bond donors (Lipinski definition) is 1. The van der Waals surface area contributed by atoms with Gasteiger partial charge in [-0.3, -0.25) is 9.59 Å². The Labute approximate surface area is 160 Å². The van der Waals surface area contributed by atoms with Gasteiger partial charge in [0, 0.05) is 17.0 Å². The summed E-state index contributed by atoms with van der Waals surface area (Å²) in [7, 11) is 0. The molecular weight excluding hydrogens is 368 g/mol. The molecule has 0 aliphatic heterocycles. The van der Waals surface area contributed by atoms with Crippen LogP contribution in [0.1, 0.15) is 23.6 Å². The Morgan fingerprint density at radius 3 is 2.57 bits per heavy atom. The Morgan fingerprint density at radius 2 is 1.86 bits per heavy atom. The maximum absolute atomic E-state index is 13.6. The smallest absolute Gasteiger partial charge is 0.311 e. The standard InChI is InChI=1S/C21H19F2NO4/c1-11-6-16-14(10-27-19(16)7-12(11)2)8-20(25)28-13(3)21(26)24-18-5-4-15(22)9-17(18)23/h4-7,9-10,13H,8H2,1-3H3,(H,24,26)/t13-/m0/s1. The zero-order valence-corrected chi connectivity index (χ0v) is 15.6. The fourth-order valence-corrected chi connectivity index (χ4v) is 2.75. The van der Waals surface area contributed by atoms with Gasteiger partial charge in [0.05, 0.1) is 18.4 Å². The van der Waals surface area contributed by atoms with Crippen molar-refractivity contribution in [2.45, 2.75) is 33.3 Å². The van der Waals surface area contributed by atoms with Crippen LogP contribution in [0.15, 0.2) is 41.0 Å². The van der Waals surface area contributed by atoms with E-state index in [1.165, 1.54) is 13.2 Å². The van der Waals surface area contributed by atoms with E-state index in [1.54, 1.807) is 0 Å². The molecule has 0 bridgehead atoms. The molecule has 5 nitrogen and oxygen atoms in total. The molecule has 0 aliphatic carbocycles. The molecule has 1 atom stereocenters. The zero-order chi connectivity index (χ0) is 20.4. The largest absolute Gasteiger partial charge is 0.464 e. The summed E-state index contributed by atoms with van der Waals surface area (Å²) in [5, 5.41) is 3.08. The maximum Gasteiger partial charge on any atom is 0.311 e. The van der Waals surface area contributed by atoms with Crippen LogP contribution >= 0.6 is 0 Å². The number of fused-ring (bicyclic) bond motifs is 1. The van der Waals surface area contributed by atoms with Gasteiger partial charge < -0.3 is 14.5 Å². The molecule has 0 radical (unpaired) electrons. The van der Waals surface area contributed by atoms with E-state index in [4.69, 9.17) is 9.15 Å². The predicted octanol–water partition coefficient (Wildman–Crippen LogP) is 4.44. The first kappa shape index (κ1) is 19.5. The van der Waals surface area contributed by atoms with E-state index >= 15 is 0 Å². The molecule has 1 amide bonds. The van der Waals surface area contributed by atoms with Crippen LogP contribution in [0.25, 0.3) is 11.0 Å². The van der Waals surface area contributed by atoms with Crippen LogP contribution in [0, 0.1) is 25.5 Å². The van der Waals surface area contributed by atoms with Gasteiger partial charge in [-0.2, -0.15) is 0 Å². The minimum absolute atomic E-state index is 0.0714. The van der Waals surface area contributed by atoms with Crippen molar-refractivity contribution >= 4 is 28.5 Å². The normalized spacial score (nSPS) is 12.0. The lowest BCUT2D eigenvalue weighted by molar-refractivity contribution is -0.152. The third-order valence-electron chi connectivity index (χ3n) is 4.47. The monoisotopic (exact) mass is 387 g/mol. The minimum Gasteiger partial charge on any atom is -0.464 e. The number of esters is 1. The molecule has 1 N–H and O–H groups in total. The molecule has 0 spiro atoms. The van der Waals surface area contributed by atoms with Crippen molar-refractivity contribution in [3.63, 3.8) is 0 Å². The first-order valence-electron chi connectivity index (χ1n) is 8.67. The third-order valence-corrected chi connectivity index (χ3v) is 4.47. The summed E-state index contributed by atoms with van der Waals surface area (Å²) in [5.74, 6) is -3.01. The lowest BCUT2D eigenvalue weighted by Crippen LogP contribution is -2.30. The van der Waals surface area contributed by atoms with E-state index in [9.17, 15) is 18.4 Å². The van der Waals surface area contributed by atoms with Gasteiger partial charge in [-0.05, 0) is 56.2 Å². The second-order valence-corrected chi connectivity index (χ2v) is 6.62. The number of benzene rings is 2. The average Bonchev–Trinajstić information content (AvgIpc) is 2.99. The lowest BCUT2D eigenvalue weighted by Gasteiger charge is -2.14. The highest BCUT2D eigenvalue weighted by molar-refractivity contribution is 5.95. The second kappa shape index (κ2) is 7.80. The molecular formula is C21H19F2NO4. The van der Waals surface area contributed by atoms with Gasteiger partial charge in [-0.25, -0.2) is 8.78 Å². The van der Waals surface area contributed by atoms with Crippen LogP contribution in [-0.2, 0) is 20.7 Å². The van der Waals surface area contributed by atoms with Crippen molar-refractivity contribution in [2.75, 3.05) is 5.32 Å². The van der Waals surface area contributed by atoms with Crippen LogP contribution in [0.3, 0.4) is 0 Å². The maximum atomic E-state index is 13.6. The molecule has 0 saturated heterocycles. The molecule has 3 aromatic rings. The summed E-state index contributed by atoms with van der Waals surface area (Å²) < 4.78 is 37.2. The number of carbonyl (C=O) groups excluding carboxylic acids is 2. The number of ether oxygens (including phenoxy) is 1. The van der Waals surface area contributed by atoms with Gasteiger partial charge in [-0.1, -0.05) is 0 Å². The van der Waals surface area contributed by atoms with Crippen LogP contribution < -0.4 is 5.32 Å². The Bertz CT molecular complexity index is 1060. The summed E-state index contributed by atoms with van der Waals surface area (Å²) in [6, 6.07) is 6.60. The van der Waals surface area contributed by atoms with Crippen molar-refractivity contribution in [1.29, 1.82) is 0 Å². The number of anilines is 1. The lowest BCUT2D eigenvalue weighted by atomic mass is 10.0. The van der Waals surface area contributed by atoms with Crippen molar-refractivity contribution < 1.29 is 27.5 Å². The highest BCUT2D eigenvalue weighted by atomic mass is 19.1. The van der Waals surface area contributed by atoms with E-state index in [-0.39, 0.29) is 12.1 Å². The fourth-order valence-electron chi connectivity index (χ4n) is 2.75. The number of amides is 1. The van der Waals surface area contributed by atoms with Crippen LogP contribution in [-0.4, -0.2) is 18.0 Å². The average molecular weight is 387 g/mol. The Hall–Kier alpha value is -3.22. The topological polar surface area (TPSA) is 68.5 Å². The van der Waals surface area contributed by atoms with Crippen molar-refractivity contribution in [1.82, 2.24) is 0 Å². The number of furan rings is 1. The van der Waals surface area contributed by atoms with E-state index in [2.05, 4.69) is 5.32 Å². The molecule has 0 unspecified atom stereocenters. The van der Waals surface area contributed by atoms with Crippen LogP contribution in [0.5, 0.6) is 0 Å². The Balaban J connectivity index is 1.64. The summed E-state index contributed by atoms with van der Waals surface area (Å²) in [6.45, 7) is 5.30. The quantitative estimate of drug-likeness (QED) is 0.657. The number of hydrogen-bond acceptors (Lipinski definition) is 4. The molecule has 1 heterocycles. The van der Waals surface area contributed by atoms with Gasteiger partial charge in [0.1, 0.15) is 17.2 Å². The Morgan fingerprint density at radius 1 is 1.14 bits per heavy atom. The van der Waals surface area contributed by atoms with Gasteiger partial charge in [0.2, 0.25) is 0 Å². The molecule has 1 aromatic heterocycles. The fraction of sp³-hybridized carbons (Fsp3) is 0.238. The van der Waals surface area contributed by atoms with Gasteiger partial charge in [0.25, 0.3) is 5.91 Å². The molecule has 28 heavy (non-hydrogen) atoms. The SMILES string of the molecule is Cc1cc2occ(CC(=O)O[C@@H](C)C(=O)Nc3ccc(F)cc3F)c2cc1C. The molecule has 3 rings (SSSR count). The molecule has 0 aliphatic rings. The van der Waals surface area contributed by atoms with Gasteiger partial charge >= 0.3 is 5.97 Å². The van der Waals surface area contributed by atoms with Gasteiger partial charge in [0.15, 0.2) is 6.10 Å². The van der Waals surface area contributed by atoms with E-state index in [1.807, 2.05) is 26.0 Å². The summed E-state index contributed by atoms with van der Waals surface area (Å²) in [6.07, 6.45) is 0.265. The van der Waals surface area contributed by atoms with Crippen molar-refractivity contribution in [2.24, 2.45) is 0 Å². The van der Waals surface area contributed by atoms with E-state index < -0.39 is 29.6 Å². The van der Waals surface area contributed by atoms with E-state index in [0.717, 1.165) is 28.6 Å². The highest BCUT2D eigenvalue weighted by Crippen LogP contribution is 2.25. The molecule has 0 fully saturated rings. The number of rotatable bonds is 5. The Kier molecular flexibility index (Phi) is 5.44. The molecule has 7 heteroatoms. The summed E-state index contributed by atoms with van der Waals surface area (Å²) in [5.41, 5.74) is 3.27. The minimum atomic E-state index is -1.15. The number of carbonyl (C=O) groups is 2. The number of halogens is 2. The third kappa shape index (κ3) is 4.19. The summed E-state index contributed by atoms with van der Waals surface area (Å²) >= 11 is 0. The van der Waals surface area contributed by atoms with Crippen molar-refractivity contribution in [3.8, 4) is 0 Å². The van der Waals surface area contributed by atoms with Crippen LogP contribution in [0.4, 0.5) is 14.5 Å². The first-order chi connectivity index (χ1) is 13.2. The number of nitrogens with one attached hydrogen (secondary N) is 1. The zero-order valence-electron chi connectivity index (χ0n) is 15.6. The molecule has 0 saturated carbocycles. The predicted molar refractivity (Wildman–Crippen MR) is 99.9 cm³/mol. The first-order valence-corrected chi connectivity index (χ1v) is 8.67. The van der Waals surface area contributed by atoms with Gasteiger partial charge in [-0.15, -0.1) is 0 Å². The molecule has 146 valence electrons. The second-order valence-electron chi connectivity index (χ2n) is 6.62. The summed E-state index contributed by atoms with van der Waals surface area (Å²) in [4.78, 5) is 24.3. The van der Waals surface area contributed by atoms with E-state index in [0.29, 0.717) is 17.2 Å². The number of aryl methyl sites for hydroxylation is 2. The molecule has 2 aromatic carbocycles. The highest BCUT2D eigenvalue weighted by Gasteiger charge is 2.21. The van der Waals surface area contributed by atoms with Crippen LogP contribution in [0.2, 0.25) is 0 Å². The van der Waals surface area contributed by atoms with Crippen molar-refractivity contribution in [3.05, 3.63) is 64.9 Å².